The van der Waals surface area contributed by atoms with Gasteiger partial charge in [-0.1, -0.05) is 25.1 Å². The summed E-state index contributed by atoms with van der Waals surface area (Å²) in [6.07, 6.45) is 0.490. The van der Waals surface area contributed by atoms with Crippen molar-refractivity contribution in [3.63, 3.8) is 0 Å². The van der Waals surface area contributed by atoms with Crippen molar-refractivity contribution in [2.45, 2.75) is 31.6 Å². The molecule has 0 aliphatic heterocycles. The molecule has 154 valence electrons. The van der Waals surface area contributed by atoms with Gasteiger partial charge in [0.05, 0.1) is 9.77 Å². The molecule has 2 heterocycles. The van der Waals surface area contributed by atoms with Crippen LogP contribution < -0.4 is 5.32 Å². The fourth-order valence-corrected chi connectivity index (χ4v) is 4.84. The van der Waals surface area contributed by atoms with Crippen LogP contribution >= 0.6 is 11.3 Å². The Morgan fingerprint density at radius 3 is 2.52 bits per heavy atom. The number of amides is 1. The molecule has 0 aliphatic rings. The molecule has 1 aromatic carbocycles. The summed E-state index contributed by atoms with van der Waals surface area (Å²) in [5.41, 5.74) is 0.526. The highest BCUT2D eigenvalue weighted by molar-refractivity contribution is 7.89. The summed E-state index contributed by atoms with van der Waals surface area (Å²) in [6, 6.07) is 9.95. The Balaban J connectivity index is 1.56. The summed E-state index contributed by atoms with van der Waals surface area (Å²) in [4.78, 5) is 17.6. The van der Waals surface area contributed by atoms with E-state index >= 15 is 0 Å². The lowest BCUT2D eigenvalue weighted by Crippen LogP contribution is -2.30. The van der Waals surface area contributed by atoms with Gasteiger partial charge in [-0.2, -0.15) is 9.29 Å². The SMILES string of the molecule is CCN(CC)S(=O)(=O)c1ccc(NC(=O)CCc2nc(-c3cccs3)no2)cc1. The second-order valence-electron chi connectivity index (χ2n) is 6.15. The minimum Gasteiger partial charge on any atom is -0.339 e. The van der Waals surface area contributed by atoms with Crippen LogP contribution in [0.1, 0.15) is 26.2 Å². The Kier molecular flexibility index (Phi) is 6.78. The number of hydrogen-bond donors (Lipinski definition) is 1. The minimum atomic E-state index is -3.52. The Bertz CT molecular complexity index is 1040. The van der Waals surface area contributed by atoms with Crippen molar-refractivity contribution in [1.82, 2.24) is 14.4 Å². The number of rotatable bonds is 9. The molecule has 0 spiro atoms. The third-order valence-corrected chi connectivity index (χ3v) is 7.19. The molecule has 3 aromatic rings. The number of sulfonamides is 1. The molecule has 0 unspecified atom stereocenters. The van der Waals surface area contributed by atoms with Crippen LogP contribution in [0.25, 0.3) is 10.7 Å². The molecule has 0 saturated heterocycles. The van der Waals surface area contributed by atoms with Crippen LogP contribution in [0.5, 0.6) is 0 Å². The fraction of sp³-hybridized carbons (Fsp3) is 0.316. The number of aryl methyl sites for hydroxylation is 1. The predicted molar refractivity (Wildman–Crippen MR) is 111 cm³/mol. The van der Waals surface area contributed by atoms with Gasteiger partial charge in [-0.3, -0.25) is 4.79 Å². The van der Waals surface area contributed by atoms with E-state index in [9.17, 15) is 13.2 Å². The van der Waals surface area contributed by atoms with Gasteiger partial charge in [0.1, 0.15) is 0 Å². The first kappa shape index (κ1) is 21.2. The molecular formula is C19H22N4O4S2. The Morgan fingerprint density at radius 1 is 1.17 bits per heavy atom. The zero-order valence-electron chi connectivity index (χ0n) is 16.2. The zero-order chi connectivity index (χ0) is 20.9. The monoisotopic (exact) mass is 434 g/mol. The van der Waals surface area contributed by atoms with Crippen molar-refractivity contribution in [3.05, 3.63) is 47.7 Å². The number of benzene rings is 1. The van der Waals surface area contributed by atoms with Crippen molar-refractivity contribution < 1.29 is 17.7 Å². The van der Waals surface area contributed by atoms with Gasteiger partial charge >= 0.3 is 0 Å². The van der Waals surface area contributed by atoms with Crippen molar-refractivity contribution in [2.24, 2.45) is 0 Å². The van der Waals surface area contributed by atoms with Crippen LogP contribution in [0.2, 0.25) is 0 Å². The van der Waals surface area contributed by atoms with Gasteiger partial charge in [-0.05, 0) is 35.7 Å². The summed E-state index contributed by atoms with van der Waals surface area (Å²) in [5.74, 6) is 0.685. The van der Waals surface area contributed by atoms with E-state index in [0.717, 1.165) is 4.88 Å². The standard InChI is InChI=1S/C19H22N4O4S2/c1-3-23(4-2)29(25,26)15-9-7-14(8-10-15)20-17(24)11-12-18-21-19(22-27-18)16-6-5-13-28-16/h5-10,13H,3-4,11-12H2,1-2H3,(H,20,24). The van der Waals surface area contributed by atoms with Crippen molar-refractivity contribution in [2.75, 3.05) is 18.4 Å². The molecule has 2 aromatic heterocycles. The Morgan fingerprint density at radius 2 is 1.90 bits per heavy atom. The highest BCUT2D eigenvalue weighted by atomic mass is 32.2. The molecule has 1 amide bonds. The average Bonchev–Trinajstić information content (AvgIpc) is 3.39. The van der Waals surface area contributed by atoms with Gasteiger partial charge in [0.15, 0.2) is 0 Å². The van der Waals surface area contributed by atoms with E-state index < -0.39 is 10.0 Å². The van der Waals surface area contributed by atoms with Crippen molar-refractivity contribution in [3.8, 4) is 10.7 Å². The van der Waals surface area contributed by atoms with E-state index in [4.69, 9.17) is 4.52 Å². The first-order valence-electron chi connectivity index (χ1n) is 9.20. The van der Waals surface area contributed by atoms with E-state index in [1.54, 1.807) is 26.0 Å². The molecule has 3 rings (SSSR count). The number of carbonyl (C=O) groups is 1. The molecule has 0 fully saturated rings. The Hall–Kier alpha value is -2.56. The Labute approximate surface area is 173 Å². The molecule has 0 bridgehead atoms. The number of hydrogen-bond acceptors (Lipinski definition) is 7. The predicted octanol–water partition coefficient (Wildman–Crippen LogP) is 3.40. The van der Waals surface area contributed by atoms with Gasteiger partial charge in [0, 0.05) is 31.6 Å². The molecular weight excluding hydrogens is 412 g/mol. The van der Waals surface area contributed by atoms with Crippen molar-refractivity contribution >= 4 is 33.0 Å². The maximum atomic E-state index is 12.5. The highest BCUT2D eigenvalue weighted by Gasteiger charge is 2.21. The molecule has 0 atom stereocenters. The van der Waals surface area contributed by atoms with Crippen LogP contribution in [0.4, 0.5) is 5.69 Å². The first-order chi connectivity index (χ1) is 13.9. The van der Waals surface area contributed by atoms with Gasteiger partial charge in [-0.25, -0.2) is 8.42 Å². The summed E-state index contributed by atoms with van der Waals surface area (Å²) >= 11 is 1.51. The summed E-state index contributed by atoms with van der Waals surface area (Å²) in [5, 5.41) is 8.59. The largest absolute Gasteiger partial charge is 0.339 e. The third kappa shape index (κ3) is 5.08. The van der Waals surface area contributed by atoms with E-state index in [0.29, 0.717) is 36.9 Å². The molecule has 10 heteroatoms. The van der Waals surface area contributed by atoms with Gasteiger partial charge < -0.3 is 9.84 Å². The number of aromatic nitrogens is 2. The topological polar surface area (TPSA) is 105 Å². The van der Waals surface area contributed by atoms with Gasteiger partial charge in [0.25, 0.3) is 0 Å². The second kappa shape index (κ2) is 9.29. The molecule has 1 N–H and O–H groups in total. The lowest BCUT2D eigenvalue weighted by atomic mass is 10.2. The number of anilines is 1. The third-order valence-electron chi connectivity index (χ3n) is 4.26. The lowest BCUT2D eigenvalue weighted by Gasteiger charge is -2.18. The highest BCUT2D eigenvalue weighted by Crippen LogP contribution is 2.22. The number of thiophene rings is 1. The van der Waals surface area contributed by atoms with Gasteiger partial charge in [-0.15, -0.1) is 11.3 Å². The van der Waals surface area contributed by atoms with E-state index in [1.165, 1.54) is 27.8 Å². The number of nitrogens with zero attached hydrogens (tertiary/aromatic N) is 3. The van der Waals surface area contributed by atoms with Crippen LogP contribution in [0.3, 0.4) is 0 Å². The zero-order valence-corrected chi connectivity index (χ0v) is 17.8. The smallest absolute Gasteiger partial charge is 0.243 e. The summed E-state index contributed by atoms with van der Waals surface area (Å²) in [6.45, 7) is 4.40. The number of nitrogens with one attached hydrogen (secondary N) is 1. The van der Waals surface area contributed by atoms with Gasteiger partial charge in [0.2, 0.25) is 27.6 Å². The van der Waals surface area contributed by atoms with E-state index in [1.807, 2.05) is 17.5 Å². The molecule has 0 saturated carbocycles. The maximum absolute atomic E-state index is 12.5. The maximum Gasteiger partial charge on any atom is 0.243 e. The van der Waals surface area contributed by atoms with Crippen molar-refractivity contribution in [1.29, 1.82) is 0 Å². The lowest BCUT2D eigenvalue weighted by molar-refractivity contribution is -0.116. The van der Waals surface area contributed by atoms with Crippen LogP contribution in [0, 0.1) is 0 Å². The molecule has 0 aliphatic carbocycles. The van der Waals surface area contributed by atoms with E-state index in [-0.39, 0.29) is 17.2 Å². The number of carbonyl (C=O) groups excluding carboxylic acids is 1. The molecule has 29 heavy (non-hydrogen) atoms. The van der Waals surface area contributed by atoms with Crippen LogP contribution in [0.15, 0.2) is 51.2 Å². The molecule has 0 radical (unpaired) electrons. The van der Waals surface area contributed by atoms with Crippen LogP contribution in [-0.2, 0) is 21.2 Å². The fourth-order valence-electron chi connectivity index (χ4n) is 2.73. The average molecular weight is 435 g/mol. The molecule has 8 nitrogen and oxygen atoms in total. The van der Waals surface area contributed by atoms with E-state index in [2.05, 4.69) is 15.5 Å². The minimum absolute atomic E-state index is 0.172. The summed E-state index contributed by atoms with van der Waals surface area (Å²) < 4.78 is 31.5. The first-order valence-corrected chi connectivity index (χ1v) is 11.5. The quantitative estimate of drug-likeness (QED) is 0.553. The second-order valence-corrected chi connectivity index (χ2v) is 9.04. The van der Waals surface area contributed by atoms with Crippen LogP contribution in [-0.4, -0.2) is 41.9 Å². The summed E-state index contributed by atoms with van der Waals surface area (Å²) in [7, 11) is -3.52. The normalized spacial score (nSPS) is 11.7.